The first-order valence-corrected chi connectivity index (χ1v) is 21.5. The van der Waals surface area contributed by atoms with Crippen LogP contribution in [0.15, 0.2) is 24.3 Å². The summed E-state index contributed by atoms with van der Waals surface area (Å²) in [6, 6.07) is 0. The smallest absolute Gasteiger partial charge is 0.322 e. The lowest BCUT2D eigenvalue weighted by Crippen LogP contribution is -2.28. The molecule has 1 unspecified atom stereocenters. The molecule has 0 rings (SSSR count). The minimum atomic E-state index is -1.02. The largest absolute Gasteiger partial charge is 0.480 e. The Bertz CT molecular complexity index is 823. The molecular weight excluding hydrogens is 622 g/mol. The highest BCUT2D eigenvalue weighted by molar-refractivity contribution is 5.80. The minimum Gasteiger partial charge on any atom is -0.480 e. The Kier molecular flexibility index (Phi) is 38.0. The summed E-state index contributed by atoms with van der Waals surface area (Å²) in [5.41, 5.74) is 0. The van der Waals surface area contributed by atoms with Crippen LogP contribution in [-0.2, 0) is 19.1 Å². The van der Waals surface area contributed by atoms with Gasteiger partial charge in [-0.1, -0.05) is 173 Å². The van der Waals surface area contributed by atoms with Gasteiger partial charge in [0.15, 0.2) is 0 Å². The molecular formula is C44H81NO5. The number of rotatable bonds is 39. The monoisotopic (exact) mass is 704 g/mol. The van der Waals surface area contributed by atoms with Crippen LogP contribution in [-0.4, -0.2) is 35.6 Å². The number of ether oxygens (including phenoxy) is 1. The van der Waals surface area contributed by atoms with Crippen LogP contribution in [0.5, 0.6) is 0 Å². The highest BCUT2D eigenvalue weighted by Gasteiger charge is 2.14. The van der Waals surface area contributed by atoms with Crippen LogP contribution in [0.25, 0.3) is 0 Å². The van der Waals surface area contributed by atoms with Gasteiger partial charge in [-0.25, -0.2) is 0 Å². The lowest BCUT2D eigenvalue weighted by Gasteiger charge is -2.18. The summed E-state index contributed by atoms with van der Waals surface area (Å²) >= 11 is 0. The Labute approximate surface area is 309 Å². The third kappa shape index (κ3) is 38.7. The molecule has 0 aliphatic heterocycles. The van der Waals surface area contributed by atoms with Gasteiger partial charge in [-0.2, -0.15) is 0 Å². The summed E-state index contributed by atoms with van der Waals surface area (Å²) in [4.78, 5) is 35.0. The molecule has 0 spiro atoms. The quantitative estimate of drug-likeness (QED) is 0.0378. The van der Waals surface area contributed by atoms with Crippen LogP contribution >= 0.6 is 0 Å². The summed E-state index contributed by atoms with van der Waals surface area (Å²) in [6.45, 7) is 4.20. The topological polar surface area (TPSA) is 92.7 Å². The highest BCUT2D eigenvalue weighted by Crippen LogP contribution is 2.19. The fraction of sp³-hybridized carbons (Fsp3) is 0.841. The summed E-state index contributed by atoms with van der Waals surface area (Å²) in [5, 5.41) is 11.1. The average molecular weight is 704 g/mol. The fourth-order valence-electron chi connectivity index (χ4n) is 6.41. The van der Waals surface area contributed by atoms with E-state index in [1.54, 1.807) is 0 Å². The number of amides is 1. The van der Waals surface area contributed by atoms with Crippen molar-refractivity contribution in [1.82, 2.24) is 5.32 Å². The van der Waals surface area contributed by atoms with Gasteiger partial charge in [0.05, 0.1) is 0 Å². The lowest BCUT2D eigenvalue weighted by atomic mass is 10.0. The van der Waals surface area contributed by atoms with Crippen molar-refractivity contribution >= 4 is 17.8 Å². The van der Waals surface area contributed by atoms with Gasteiger partial charge >= 0.3 is 11.9 Å². The van der Waals surface area contributed by atoms with Crippen LogP contribution in [0.1, 0.15) is 226 Å². The van der Waals surface area contributed by atoms with Gasteiger partial charge in [0.1, 0.15) is 12.6 Å². The van der Waals surface area contributed by atoms with E-state index in [1.165, 1.54) is 122 Å². The molecule has 0 bridgehead atoms. The van der Waals surface area contributed by atoms with Crippen LogP contribution in [0.3, 0.4) is 0 Å². The van der Waals surface area contributed by atoms with Gasteiger partial charge in [-0.05, 0) is 64.2 Å². The van der Waals surface area contributed by atoms with E-state index in [2.05, 4.69) is 43.5 Å². The van der Waals surface area contributed by atoms with E-state index in [0.29, 0.717) is 12.8 Å². The Morgan fingerprint density at radius 2 is 0.940 bits per heavy atom. The van der Waals surface area contributed by atoms with E-state index < -0.39 is 5.97 Å². The van der Waals surface area contributed by atoms with E-state index in [9.17, 15) is 14.4 Å². The molecule has 0 aliphatic rings. The van der Waals surface area contributed by atoms with Gasteiger partial charge < -0.3 is 15.2 Å². The lowest BCUT2D eigenvalue weighted by molar-refractivity contribution is -0.150. The van der Waals surface area contributed by atoms with Crippen molar-refractivity contribution < 1.29 is 24.2 Å². The van der Waals surface area contributed by atoms with Crippen molar-refractivity contribution in [3.05, 3.63) is 24.3 Å². The zero-order valence-electron chi connectivity index (χ0n) is 33.0. The molecule has 6 heteroatoms. The first-order chi connectivity index (χ1) is 24.5. The number of allylic oxidation sites excluding steroid dienone is 4. The Morgan fingerprint density at radius 1 is 0.520 bits per heavy atom. The standard InChI is InChI=1S/C44H81NO5/c1-3-5-7-9-11-13-15-17-19-21-23-25-28-32-36-41(37-33-29-27-30-34-38-42(46)45-40-43(47)48)50-44(49)39-35-31-26-24-22-20-18-16-14-12-10-8-6-4-2/h10,12,16,18,41H,3-9,11,13-15,17,19-40H2,1-2H3,(H,45,46)(H,47,48)/b12-10-,18-16-. The Morgan fingerprint density at radius 3 is 1.44 bits per heavy atom. The number of esters is 1. The van der Waals surface area contributed by atoms with Crippen molar-refractivity contribution in [2.45, 2.75) is 232 Å². The van der Waals surface area contributed by atoms with E-state index in [-0.39, 0.29) is 24.5 Å². The SMILES string of the molecule is CCCC/C=C\C/C=C\CCCCCCCC(=O)OC(CCCCCCCCCCCCCCCC)CCCCCCCC(=O)NCC(=O)O. The van der Waals surface area contributed by atoms with Crippen molar-refractivity contribution in [2.24, 2.45) is 0 Å². The first kappa shape index (κ1) is 47.9. The third-order valence-electron chi connectivity index (χ3n) is 9.63. The second kappa shape index (κ2) is 39.7. The molecule has 0 saturated carbocycles. The maximum Gasteiger partial charge on any atom is 0.322 e. The number of carboxylic acids is 1. The molecule has 0 radical (unpaired) electrons. The van der Waals surface area contributed by atoms with E-state index in [4.69, 9.17) is 9.84 Å². The van der Waals surface area contributed by atoms with Crippen molar-refractivity contribution in [3.63, 3.8) is 0 Å². The molecule has 0 heterocycles. The predicted octanol–water partition coefficient (Wildman–Crippen LogP) is 13.1. The summed E-state index contributed by atoms with van der Waals surface area (Å²) in [5.74, 6) is -1.23. The normalized spacial score (nSPS) is 12.2. The van der Waals surface area contributed by atoms with Crippen molar-refractivity contribution in [1.29, 1.82) is 0 Å². The van der Waals surface area contributed by atoms with E-state index >= 15 is 0 Å². The molecule has 2 N–H and O–H groups in total. The van der Waals surface area contributed by atoms with Gasteiger partial charge in [-0.15, -0.1) is 0 Å². The molecule has 0 aromatic rings. The molecule has 0 fully saturated rings. The average Bonchev–Trinajstić information content (AvgIpc) is 3.10. The fourth-order valence-corrected chi connectivity index (χ4v) is 6.41. The number of hydrogen-bond acceptors (Lipinski definition) is 4. The van der Waals surface area contributed by atoms with Gasteiger partial charge in [0.25, 0.3) is 0 Å². The summed E-state index contributed by atoms with van der Waals surface area (Å²) in [6.07, 6.45) is 47.2. The number of unbranched alkanes of at least 4 members (excludes halogenated alkanes) is 24. The van der Waals surface area contributed by atoms with Gasteiger partial charge in [0.2, 0.25) is 5.91 Å². The van der Waals surface area contributed by atoms with Crippen LogP contribution in [0, 0.1) is 0 Å². The molecule has 0 saturated heterocycles. The second-order valence-electron chi connectivity index (χ2n) is 14.6. The summed E-state index contributed by atoms with van der Waals surface area (Å²) in [7, 11) is 0. The highest BCUT2D eigenvalue weighted by atomic mass is 16.5. The molecule has 1 amide bonds. The minimum absolute atomic E-state index is 0.0231. The first-order valence-electron chi connectivity index (χ1n) is 21.5. The molecule has 50 heavy (non-hydrogen) atoms. The molecule has 292 valence electrons. The van der Waals surface area contributed by atoms with Crippen LogP contribution in [0.4, 0.5) is 0 Å². The summed E-state index contributed by atoms with van der Waals surface area (Å²) < 4.78 is 6.03. The number of aliphatic carboxylic acids is 1. The van der Waals surface area contributed by atoms with Crippen molar-refractivity contribution in [2.75, 3.05) is 6.54 Å². The Hall–Kier alpha value is -2.11. The number of carbonyl (C=O) groups is 3. The van der Waals surface area contributed by atoms with Gasteiger partial charge in [0, 0.05) is 12.8 Å². The zero-order valence-corrected chi connectivity index (χ0v) is 33.0. The van der Waals surface area contributed by atoms with E-state index in [1.807, 2.05) is 0 Å². The van der Waals surface area contributed by atoms with E-state index in [0.717, 1.165) is 77.0 Å². The van der Waals surface area contributed by atoms with Crippen molar-refractivity contribution in [3.8, 4) is 0 Å². The van der Waals surface area contributed by atoms with Crippen LogP contribution < -0.4 is 5.32 Å². The molecule has 0 aromatic carbocycles. The maximum absolute atomic E-state index is 12.7. The van der Waals surface area contributed by atoms with Gasteiger partial charge in [-0.3, -0.25) is 14.4 Å². The maximum atomic E-state index is 12.7. The predicted molar refractivity (Wildman–Crippen MR) is 213 cm³/mol. The third-order valence-corrected chi connectivity index (χ3v) is 9.63. The molecule has 0 aromatic heterocycles. The van der Waals surface area contributed by atoms with Crippen LogP contribution in [0.2, 0.25) is 0 Å². The number of hydrogen-bond donors (Lipinski definition) is 2. The molecule has 1 atom stereocenters. The Balaban J connectivity index is 4.18. The molecule has 6 nitrogen and oxygen atoms in total. The second-order valence-corrected chi connectivity index (χ2v) is 14.6. The zero-order chi connectivity index (χ0) is 36.6. The molecule has 0 aliphatic carbocycles. The number of carboxylic acid groups (broad SMARTS) is 1. The number of nitrogens with one attached hydrogen (secondary N) is 1. The number of carbonyl (C=O) groups excluding carboxylic acids is 2.